The molecule has 0 fully saturated rings. The summed E-state index contributed by atoms with van der Waals surface area (Å²) in [4.78, 5) is 4.13. The Balaban J connectivity index is 3.34. The predicted molar refractivity (Wildman–Crippen MR) is 73.2 cm³/mol. The number of guanidine groups is 1. The third kappa shape index (κ3) is 11.6. The van der Waals surface area contributed by atoms with E-state index in [1.807, 2.05) is 0 Å². The molecule has 0 spiro atoms. The van der Waals surface area contributed by atoms with Gasteiger partial charge >= 0.3 is 0 Å². The Morgan fingerprint density at radius 2 is 1.50 bits per heavy atom. The lowest BCUT2D eigenvalue weighted by atomic mass is 10.4. The largest absolute Gasteiger partial charge is 0.385 e. The SMILES string of the molecule is CN=C(NCCCOC)NCCCOCCOC. The molecule has 18 heavy (non-hydrogen) atoms. The van der Waals surface area contributed by atoms with Crippen LogP contribution in [0.4, 0.5) is 0 Å². The summed E-state index contributed by atoms with van der Waals surface area (Å²) in [5.74, 6) is 0.822. The second-order valence-corrected chi connectivity index (χ2v) is 3.73. The Bertz CT molecular complexity index is 201. The number of methoxy groups -OCH3 is 2. The molecule has 0 atom stereocenters. The van der Waals surface area contributed by atoms with E-state index in [0.29, 0.717) is 13.2 Å². The van der Waals surface area contributed by atoms with Crippen molar-refractivity contribution in [2.45, 2.75) is 12.8 Å². The van der Waals surface area contributed by atoms with Gasteiger partial charge in [-0.1, -0.05) is 0 Å². The number of rotatable bonds is 11. The molecule has 0 rings (SSSR count). The van der Waals surface area contributed by atoms with Crippen LogP contribution in [0, 0.1) is 0 Å². The van der Waals surface area contributed by atoms with Crippen LogP contribution in [-0.4, -0.2) is 66.7 Å². The first-order valence-corrected chi connectivity index (χ1v) is 6.35. The van der Waals surface area contributed by atoms with Gasteiger partial charge in [0.2, 0.25) is 0 Å². The summed E-state index contributed by atoms with van der Waals surface area (Å²) in [6, 6.07) is 0. The number of hydrogen-bond donors (Lipinski definition) is 2. The van der Waals surface area contributed by atoms with E-state index in [1.165, 1.54) is 0 Å². The van der Waals surface area contributed by atoms with E-state index in [2.05, 4.69) is 15.6 Å². The highest BCUT2D eigenvalue weighted by Gasteiger charge is 1.96. The average Bonchev–Trinajstić information content (AvgIpc) is 2.40. The van der Waals surface area contributed by atoms with Crippen LogP contribution in [0.15, 0.2) is 4.99 Å². The van der Waals surface area contributed by atoms with Crippen LogP contribution < -0.4 is 10.6 Å². The van der Waals surface area contributed by atoms with Gasteiger partial charge < -0.3 is 24.8 Å². The van der Waals surface area contributed by atoms with Crippen molar-refractivity contribution in [1.82, 2.24) is 10.6 Å². The zero-order chi connectivity index (χ0) is 13.5. The number of hydrogen-bond acceptors (Lipinski definition) is 4. The maximum absolute atomic E-state index is 5.36. The third-order valence-electron chi connectivity index (χ3n) is 2.23. The summed E-state index contributed by atoms with van der Waals surface area (Å²) in [6.07, 6.45) is 1.92. The number of nitrogens with one attached hydrogen (secondary N) is 2. The summed E-state index contributed by atoms with van der Waals surface area (Å²) in [7, 11) is 5.14. The van der Waals surface area contributed by atoms with Crippen molar-refractivity contribution in [3.05, 3.63) is 0 Å². The lowest BCUT2D eigenvalue weighted by Gasteiger charge is -2.11. The van der Waals surface area contributed by atoms with Crippen LogP contribution in [-0.2, 0) is 14.2 Å². The lowest BCUT2D eigenvalue weighted by molar-refractivity contribution is 0.0698. The van der Waals surface area contributed by atoms with E-state index in [0.717, 1.165) is 45.1 Å². The molecule has 0 amide bonds. The molecular weight excluding hydrogens is 234 g/mol. The first-order valence-electron chi connectivity index (χ1n) is 6.35. The van der Waals surface area contributed by atoms with Gasteiger partial charge in [0, 0.05) is 47.6 Å². The minimum atomic E-state index is 0.649. The van der Waals surface area contributed by atoms with Crippen LogP contribution in [0.25, 0.3) is 0 Å². The summed E-state index contributed by atoms with van der Waals surface area (Å²) >= 11 is 0. The molecule has 108 valence electrons. The molecule has 6 nitrogen and oxygen atoms in total. The maximum Gasteiger partial charge on any atom is 0.190 e. The molecule has 0 saturated carbocycles. The highest BCUT2D eigenvalue weighted by Crippen LogP contribution is 1.82. The van der Waals surface area contributed by atoms with Crippen LogP contribution in [0.1, 0.15) is 12.8 Å². The third-order valence-corrected chi connectivity index (χ3v) is 2.23. The van der Waals surface area contributed by atoms with Gasteiger partial charge in [-0.25, -0.2) is 0 Å². The van der Waals surface area contributed by atoms with Crippen molar-refractivity contribution in [1.29, 1.82) is 0 Å². The molecule has 0 aliphatic carbocycles. The van der Waals surface area contributed by atoms with Crippen molar-refractivity contribution in [3.8, 4) is 0 Å². The maximum atomic E-state index is 5.36. The molecule has 0 aromatic carbocycles. The molecule has 2 N–H and O–H groups in total. The monoisotopic (exact) mass is 261 g/mol. The first kappa shape index (κ1) is 17.2. The number of nitrogens with zero attached hydrogens (tertiary/aromatic N) is 1. The summed E-state index contributed by atoms with van der Waals surface area (Å²) in [6.45, 7) is 4.50. The molecule has 6 heteroatoms. The van der Waals surface area contributed by atoms with Gasteiger partial charge in [-0.3, -0.25) is 4.99 Å². The molecule has 0 radical (unpaired) electrons. The smallest absolute Gasteiger partial charge is 0.190 e. The first-order chi connectivity index (χ1) is 8.85. The predicted octanol–water partition coefficient (Wildman–Crippen LogP) is 0.241. The summed E-state index contributed by atoms with van der Waals surface area (Å²) in [5.41, 5.74) is 0. The van der Waals surface area contributed by atoms with Gasteiger partial charge in [-0.15, -0.1) is 0 Å². The highest BCUT2D eigenvalue weighted by molar-refractivity contribution is 5.79. The Morgan fingerprint density at radius 3 is 2.06 bits per heavy atom. The Hall–Kier alpha value is -0.850. The van der Waals surface area contributed by atoms with Gasteiger partial charge in [-0.05, 0) is 12.8 Å². The molecule has 0 unspecified atom stereocenters. The van der Waals surface area contributed by atoms with Gasteiger partial charge in [0.25, 0.3) is 0 Å². The zero-order valence-corrected chi connectivity index (χ0v) is 11.8. The molecule has 0 aromatic heterocycles. The summed E-state index contributed by atoms with van der Waals surface area (Å²) in [5, 5.41) is 6.44. The van der Waals surface area contributed by atoms with E-state index in [1.54, 1.807) is 21.3 Å². The Labute approximate surface area is 110 Å². The van der Waals surface area contributed by atoms with Gasteiger partial charge in [-0.2, -0.15) is 0 Å². The van der Waals surface area contributed by atoms with Crippen molar-refractivity contribution in [2.75, 3.05) is 60.8 Å². The number of ether oxygens (including phenoxy) is 3. The quantitative estimate of drug-likeness (QED) is 0.317. The minimum Gasteiger partial charge on any atom is -0.385 e. The minimum absolute atomic E-state index is 0.649. The van der Waals surface area contributed by atoms with Gasteiger partial charge in [0.1, 0.15) is 0 Å². The normalized spacial score (nSPS) is 11.6. The highest BCUT2D eigenvalue weighted by atomic mass is 16.5. The van der Waals surface area contributed by atoms with E-state index >= 15 is 0 Å². The fraction of sp³-hybridized carbons (Fsp3) is 0.917. The van der Waals surface area contributed by atoms with Crippen molar-refractivity contribution in [2.24, 2.45) is 4.99 Å². The van der Waals surface area contributed by atoms with Crippen molar-refractivity contribution in [3.63, 3.8) is 0 Å². The van der Waals surface area contributed by atoms with Crippen molar-refractivity contribution >= 4 is 5.96 Å². The van der Waals surface area contributed by atoms with Crippen LogP contribution in [0.3, 0.4) is 0 Å². The standard InChI is InChI=1S/C12H27N3O3/c1-13-12(14-6-4-8-16-2)15-7-5-9-18-11-10-17-3/h4-11H2,1-3H3,(H2,13,14,15). The molecule has 0 aliphatic rings. The van der Waals surface area contributed by atoms with E-state index in [4.69, 9.17) is 14.2 Å². The molecular formula is C12H27N3O3. The van der Waals surface area contributed by atoms with E-state index in [9.17, 15) is 0 Å². The molecule has 0 heterocycles. The van der Waals surface area contributed by atoms with E-state index in [-0.39, 0.29) is 0 Å². The molecule has 0 saturated heterocycles. The van der Waals surface area contributed by atoms with E-state index < -0.39 is 0 Å². The fourth-order valence-electron chi connectivity index (χ4n) is 1.27. The Kier molecular flexibility index (Phi) is 13.5. The van der Waals surface area contributed by atoms with Crippen LogP contribution >= 0.6 is 0 Å². The lowest BCUT2D eigenvalue weighted by Crippen LogP contribution is -2.38. The van der Waals surface area contributed by atoms with Crippen molar-refractivity contribution < 1.29 is 14.2 Å². The average molecular weight is 261 g/mol. The summed E-state index contributed by atoms with van der Waals surface area (Å²) < 4.78 is 15.2. The number of aliphatic imine (C=N–C) groups is 1. The second-order valence-electron chi connectivity index (χ2n) is 3.73. The molecule has 0 aliphatic heterocycles. The molecule has 0 aromatic rings. The topological polar surface area (TPSA) is 64.1 Å². The molecule has 0 bridgehead atoms. The zero-order valence-electron chi connectivity index (χ0n) is 11.8. The van der Waals surface area contributed by atoms with Crippen LogP contribution in [0.5, 0.6) is 0 Å². The van der Waals surface area contributed by atoms with Gasteiger partial charge in [0.15, 0.2) is 5.96 Å². The fourth-order valence-corrected chi connectivity index (χ4v) is 1.27. The second kappa shape index (κ2) is 14.2. The Morgan fingerprint density at radius 1 is 0.889 bits per heavy atom. The van der Waals surface area contributed by atoms with Gasteiger partial charge in [0.05, 0.1) is 13.2 Å². The van der Waals surface area contributed by atoms with Crippen LogP contribution in [0.2, 0.25) is 0 Å².